The summed E-state index contributed by atoms with van der Waals surface area (Å²) in [6.45, 7) is 0.893. The van der Waals surface area contributed by atoms with E-state index in [1.54, 1.807) is 18.4 Å². The molecule has 5 heteroatoms. The van der Waals surface area contributed by atoms with Crippen LogP contribution in [0.4, 0.5) is 5.82 Å². The topological polar surface area (TPSA) is 54.0 Å². The maximum absolute atomic E-state index is 11.9. The lowest BCUT2D eigenvalue weighted by Crippen LogP contribution is -2.21. The molecule has 2 heterocycles. The number of thiophene rings is 1. The summed E-state index contributed by atoms with van der Waals surface area (Å²) in [5.74, 6) is 1.31. The number of amides is 1. The normalized spacial score (nSPS) is 14.1. The van der Waals surface area contributed by atoms with Gasteiger partial charge in [0.25, 0.3) is 5.91 Å². The van der Waals surface area contributed by atoms with Gasteiger partial charge in [0.05, 0.1) is 11.3 Å². The Kier molecular flexibility index (Phi) is 3.69. The van der Waals surface area contributed by atoms with Crippen LogP contribution < -0.4 is 10.6 Å². The van der Waals surface area contributed by atoms with Crippen molar-refractivity contribution in [1.82, 2.24) is 10.3 Å². The third kappa shape index (κ3) is 2.82. The Labute approximate surface area is 122 Å². The molecule has 1 fully saturated rings. The highest BCUT2D eigenvalue weighted by Crippen LogP contribution is 2.30. The van der Waals surface area contributed by atoms with Crippen molar-refractivity contribution in [3.8, 4) is 11.3 Å². The monoisotopic (exact) mass is 287 g/mol. The first kappa shape index (κ1) is 13.1. The van der Waals surface area contributed by atoms with Crippen LogP contribution in [0.25, 0.3) is 11.3 Å². The van der Waals surface area contributed by atoms with Gasteiger partial charge in [0.1, 0.15) is 5.82 Å². The van der Waals surface area contributed by atoms with E-state index in [0.717, 1.165) is 23.7 Å². The second kappa shape index (κ2) is 5.63. The molecule has 1 aliphatic carbocycles. The van der Waals surface area contributed by atoms with Gasteiger partial charge in [-0.3, -0.25) is 4.79 Å². The Balaban J connectivity index is 1.91. The lowest BCUT2D eigenvalue weighted by atomic mass is 10.1. The predicted octanol–water partition coefficient (Wildman–Crippen LogP) is 2.99. The molecule has 0 bridgehead atoms. The minimum absolute atomic E-state index is 0.104. The molecule has 0 spiro atoms. The second-order valence-electron chi connectivity index (χ2n) is 5.01. The fourth-order valence-corrected chi connectivity index (χ4v) is 2.70. The number of carbonyl (C=O) groups excluding carboxylic acids is 1. The molecule has 2 aromatic heterocycles. The molecular formula is C15H17N3OS. The van der Waals surface area contributed by atoms with Gasteiger partial charge < -0.3 is 10.6 Å². The molecule has 2 aromatic rings. The Bertz CT molecular complexity index is 606. The summed E-state index contributed by atoms with van der Waals surface area (Å²) in [5.41, 5.74) is 2.59. The first-order valence-electron chi connectivity index (χ1n) is 6.77. The van der Waals surface area contributed by atoms with Gasteiger partial charge in [-0.15, -0.1) is 0 Å². The van der Waals surface area contributed by atoms with E-state index in [9.17, 15) is 4.79 Å². The highest BCUT2D eigenvalue weighted by Gasteiger charge is 2.22. The lowest BCUT2D eigenvalue weighted by molar-refractivity contribution is 0.0963. The fraction of sp³-hybridized carbons (Fsp3) is 0.333. The van der Waals surface area contributed by atoms with Gasteiger partial charge in [0.15, 0.2) is 0 Å². The van der Waals surface area contributed by atoms with Crippen molar-refractivity contribution in [2.45, 2.75) is 12.8 Å². The van der Waals surface area contributed by atoms with Crippen LogP contribution in [0.1, 0.15) is 23.2 Å². The van der Waals surface area contributed by atoms with Gasteiger partial charge in [-0.25, -0.2) is 4.98 Å². The average Bonchev–Trinajstić information content (AvgIpc) is 3.15. The number of hydrogen-bond donors (Lipinski definition) is 2. The van der Waals surface area contributed by atoms with Crippen LogP contribution >= 0.6 is 11.3 Å². The summed E-state index contributed by atoms with van der Waals surface area (Å²) in [4.78, 5) is 16.5. The summed E-state index contributed by atoms with van der Waals surface area (Å²) in [6.07, 6.45) is 2.54. The van der Waals surface area contributed by atoms with Gasteiger partial charge in [-0.2, -0.15) is 11.3 Å². The molecule has 1 aliphatic rings. The highest BCUT2D eigenvalue weighted by molar-refractivity contribution is 7.08. The number of aromatic nitrogens is 1. The zero-order chi connectivity index (χ0) is 13.9. The van der Waals surface area contributed by atoms with E-state index in [4.69, 9.17) is 0 Å². The third-order valence-corrected chi connectivity index (χ3v) is 4.12. The van der Waals surface area contributed by atoms with Crippen LogP contribution in [0.15, 0.2) is 29.0 Å². The first-order chi connectivity index (χ1) is 9.78. The van der Waals surface area contributed by atoms with Crippen molar-refractivity contribution < 1.29 is 4.79 Å². The largest absolute Gasteiger partial charge is 0.369 e. The molecule has 2 N–H and O–H groups in total. The zero-order valence-electron chi connectivity index (χ0n) is 11.3. The zero-order valence-corrected chi connectivity index (χ0v) is 12.2. The number of nitrogens with one attached hydrogen (secondary N) is 2. The molecule has 0 atom stereocenters. The molecule has 104 valence electrons. The quantitative estimate of drug-likeness (QED) is 0.889. The number of pyridine rings is 1. The van der Waals surface area contributed by atoms with Crippen LogP contribution in [0.2, 0.25) is 0 Å². The molecule has 0 aliphatic heterocycles. The van der Waals surface area contributed by atoms with Gasteiger partial charge >= 0.3 is 0 Å². The Morgan fingerprint density at radius 1 is 1.40 bits per heavy atom. The maximum atomic E-state index is 11.9. The number of nitrogens with zero attached hydrogens (tertiary/aromatic N) is 1. The van der Waals surface area contributed by atoms with Crippen molar-refractivity contribution in [1.29, 1.82) is 0 Å². The number of anilines is 1. The standard InChI is InChI=1S/C15H17N3OS/c1-16-15(19)12-4-5-13(11-6-7-20-9-11)18-14(12)17-8-10-2-3-10/h4-7,9-10H,2-3,8H2,1H3,(H,16,19)(H,17,18). The molecule has 1 saturated carbocycles. The molecule has 3 rings (SSSR count). The van der Waals surface area contributed by atoms with E-state index >= 15 is 0 Å². The lowest BCUT2D eigenvalue weighted by Gasteiger charge is -2.11. The maximum Gasteiger partial charge on any atom is 0.254 e. The van der Waals surface area contributed by atoms with E-state index in [1.165, 1.54) is 12.8 Å². The van der Waals surface area contributed by atoms with Gasteiger partial charge in [0, 0.05) is 24.5 Å². The van der Waals surface area contributed by atoms with Crippen molar-refractivity contribution in [2.24, 2.45) is 5.92 Å². The van der Waals surface area contributed by atoms with Crippen molar-refractivity contribution in [3.63, 3.8) is 0 Å². The van der Waals surface area contributed by atoms with Crippen LogP contribution in [0.3, 0.4) is 0 Å². The molecule has 0 aromatic carbocycles. The third-order valence-electron chi connectivity index (χ3n) is 3.44. The Morgan fingerprint density at radius 2 is 2.25 bits per heavy atom. The van der Waals surface area contributed by atoms with E-state index in [0.29, 0.717) is 11.4 Å². The Morgan fingerprint density at radius 3 is 2.90 bits per heavy atom. The van der Waals surface area contributed by atoms with Crippen LogP contribution in [-0.2, 0) is 0 Å². The average molecular weight is 287 g/mol. The number of carbonyl (C=O) groups is 1. The van der Waals surface area contributed by atoms with Crippen molar-refractivity contribution in [3.05, 3.63) is 34.5 Å². The summed E-state index contributed by atoms with van der Waals surface area (Å²) < 4.78 is 0. The number of hydrogen-bond acceptors (Lipinski definition) is 4. The smallest absolute Gasteiger partial charge is 0.254 e. The van der Waals surface area contributed by atoms with Crippen LogP contribution in [0.5, 0.6) is 0 Å². The summed E-state index contributed by atoms with van der Waals surface area (Å²) in [6, 6.07) is 5.78. The molecule has 4 nitrogen and oxygen atoms in total. The summed E-state index contributed by atoms with van der Waals surface area (Å²) in [5, 5.41) is 10.1. The molecule has 1 amide bonds. The minimum atomic E-state index is -0.104. The van der Waals surface area contributed by atoms with Crippen LogP contribution in [0, 0.1) is 5.92 Å². The predicted molar refractivity (Wildman–Crippen MR) is 82.2 cm³/mol. The van der Waals surface area contributed by atoms with Gasteiger partial charge in [-0.1, -0.05) is 0 Å². The molecule has 20 heavy (non-hydrogen) atoms. The fourth-order valence-electron chi connectivity index (χ4n) is 2.05. The highest BCUT2D eigenvalue weighted by atomic mass is 32.1. The second-order valence-corrected chi connectivity index (χ2v) is 5.79. The molecule has 0 radical (unpaired) electrons. The first-order valence-corrected chi connectivity index (χ1v) is 7.72. The van der Waals surface area contributed by atoms with E-state index in [2.05, 4.69) is 21.0 Å². The summed E-state index contributed by atoms with van der Waals surface area (Å²) >= 11 is 1.64. The Hall–Kier alpha value is -1.88. The summed E-state index contributed by atoms with van der Waals surface area (Å²) in [7, 11) is 1.64. The minimum Gasteiger partial charge on any atom is -0.369 e. The number of rotatable bonds is 5. The van der Waals surface area contributed by atoms with E-state index in [1.807, 2.05) is 23.6 Å². The van der Waals surface area contributed by atoms with E-state index in [-0.39, 0.29) is 5.91 Å². The molecule has 0 unspecified atom stereocenters. The molecular weight excluding hydrogens is 270 g/mol. The van der Waals surface area contributed by atoms with Crippen LogP contribution in [-0.4, -0.2) is 24.5 Å². The van der Waals surface area contributed by atoms with Crippen molar-refractivity contribution in [2.75, 3.05) is 18.9 Å². The molecule has 0 saturated heterocycles. The van der Waals surface area contributed by atoms with Gasteiger partial charge in [-0.05, 0) is 42.3 Å². The SMILES string of the molecule is CNC(=O)c1ccc(-c2ccsc2)nc1NCC1CC1. The van der Waals surface area contributed by atoms with Gasteiger partial charge in [0.2, 0.25) is 0 Å². The van der Waals surface area contributed by atoms with E-state index < -0.39 is 0 Å². The van der Waals surface area contributed by atoms with Crippen molar-refractivity contribution >= 4 is 23.1 Å².